The summed E-state index contributed by atoms with van der Waals surface area (Å²) in [5.74, 6) is 0.223. The number of para-hydroxylation sites is 3. The van der Waals surface area contributed by atoms with E-state index >= 15 is 0 Å². The second-order valence-corrected chi connectivity index (χ2v) is 13.6. The molecule has 0 saturated carbocycles. The smallest absolute Gasteiger partial charge is 0.410 e. The third-order valence-corrected chi connectivity index (χ3v) is 8.61. The number of amides is 3. The highest BCUT2D eigenvalue weighted by Crippen LogP contribution is 2.31. The lowest BCUT2D eigenvalue weighted by atomic mass is 9.90. The molecule has 0 radical (unpaired) electrons. The molecule has 3 aromatic rings. The van der Waals surface area contributed by atoms with Crippen LogP contribution in [0.2, 0.25) is 0 Å². The minimum absolute atomic E-state index is 0.0437. The molecule has 4 rings (SSSR count). The van der Waals surface area contributed by atoms with E-state index < -0.39 is 21.5 Å². The second kappa shape index (κ2) is 14.5. The molecule has 1 aliphatic heterocycles. The SMILES string of the molecule is CC(NC(=O)CNC(=O)c1ccc(S(=O)(=O)Nc2ccccc2Oc2ccccc2)cc1)C1CCN(C(=O)OC(C)(C)C)CC1. The summed E-state index contributed by atoms with van der Waals surface area (Å²) in [4.78, 5) is 39.2. The molecule has 0 aromatic heterocycles. The number of likely N-dealkylation sites (tertiary alicyclic amines) is 1. The molecule has 11 nitrogen and oxygen atoms in total. The van der Waals surface area contributed by atoms with Gasteiger partial charge in [-0.3, -0.25) is 14.3 Å². The summed E-state index contributed by atoms with van der Waals surface area (Å²) in [6.45, 7) is 8.26. The van der Waals surface area contributed by atoms with E-state index in [9.17, 15) is 22.8 Å². The molecule has 0 aliphatic carbocycles. The van der Waals surface area contributed by atoms with Crippen molar-refractivity contribution in [2.24, 2.45) is 5.92 Å². The average molecular weight is 637 g/mol. The molecule has 3 N–H and O–H groups in total. The molecule has 0 bridgehead atoms. The fourth-order valence-corrected chi connectivity index (χ4v) is 5.91. The van der Waals surface area contributed by atoms with Crippen molar-refractivity contribution in [2.45, 2.75) is 57.1 Å². The van der Waals surface area contributed by atoms with Crippen molar-refractivity contribution < 1.29 is 32.3 Å². The van der Waals surface area contributed by atoms with Gasteiger partial charge in [-0.15, -0.1) is 0 Å². The van der Waals surface area contributed by atoms with Gasteiger partial charge in [0, 0.05) is 24.7 Å². The van der Waals surface area contributed by atoms with Gasteiger partial charge in [0.25, 0.3) is 15.9 Å². The first kappa shape index (κ1) is 33.3. The van der Waals surface area contributed by atoms with Gasteiger partial charge in [-0.1, -0.05) is 30.3 Å². The Kier molecular flexibility index (Phi) is 10.7. The molecule has 1 saturated heterocycles. The maximum atomic E-state index is 13.1. The van der Waals surface area contributed by atoms with Gasteiger partial charge in [0.05, 0.1) is 17.1 Å². The van der Waals surface area contributed by atoms with Crippen LogP contribution in [-0.2, 0) is 19.6 Å². The van der Waals surface area contributed by atoms with Gasteiger partial charge >= 0.3 is 6.09 Å². The first-order valence-corrected chi connectivity index (χ1v) is 16.3. The van der Waals surface area contributed by atoms with Gasteiger partial charge < -0.3 is 25.0 Å². The van der Waals surface area contributed by atoms with Crippen LogP contribution >= 0.6 is 0 Å². The molecular weight excluding hydrogens is 596 g/mol. The van der Waals surface area contributed by atoms with Crippen molar-refractivity contribution in [3.63, 3.8) is 0 Å². The van der Waals surface area contributed by atoms with E-state index in [1.165, 1.54) is 24.3 Å². The van der Waals surface area contributed by atoms with Gasteiger partial charge in [0.1, 0.15) is 11.4 Å². The van der Waals surface area contributed by atoms with Gasteiger partial charge in [-0.25, -0.2) is 13.2 Å². The Bertz CT molecular complexity index is 1580. The minimum Gasteiger partial charge on any atom is -0.455 e. The van der Waals surface area contributed by atoms with Gasteiger partial charge in [0.15, 0.2) is 5.75 Å². The monoisotopic (exact) mass is 636 g/mol. The largest absolute Gasteiger partial charge is 0.455 e. The van der Waals surface area contributed by atoms with Crippen molar-refractivity contribution >= 4 is 33.6 Å². The number of sulfonamides is 1. The lowest BCUT2D eigenvalue weighted by Crippen LogP contribution is -2.48. The van der Waals surface area contributed by atoms with Crippen LogP contribution in [-0.4, -0.2) is 62.5 Å². The normalized spacial score (nSPS) is 14.6. The van der Waals surface area contributed by atoms with Crippen LogP contribution < -0.4 is 20.1 Å². The summed E-state index contributed by atoms with van der Waals surface area (Å²) in [6, 6.07) is 21.0. The molecule has 12 heteroatoms. The number of ether oxygens (including phenoxy) is 2. The van der Waals surface area contributed by atoms with E-state index in [0.29, 0.717) is 24.6 Å². The Hall–Kier alpha value is -4.58. The van der Waals surface area contributed by atoms with E-state index in [0.717, 1.165) is 12.8 Å². The van der Waals surface area contributed by atoms with Crippen LogP contribution in [0.5, 0.6) is 11.5 Å². The fourth-order valence-electron chi connectivity index (χ4n) is 4.84. The quantitative estimate of drug-likeness (QED) is 0.279. The number of carbonyl (C=O) groups excluding carboxylic acids is 3. The zero-order valence-corrected chi connectivity index (χ0v) is 26.7. The van der Waals surface area contributed by atoms with E-state index in [1.807, 2.05) is 45.9 Å². The van der Waals surface area contributed by atoms with E-state index in [4.69, 9.17) is 9.47 Å². The zero-order chi connectivity index (χ0) is 32.6. The molecule has 3 aromatic carbocycles. The van der Waals surface area contributed by atoms with Crippen LogP contribution in [0.25, 0.3) is 0 Å². The van der Waals surface area contributed by atoms with Gasteiger partial charge in [0.2, 0.25) is 5.91 Å². The van der Waals surface area contributed by atoms with E-state index in [2.05, 4.69) is 15.4 Å². The highest BCUT2D eigenvalue weighted by atomic mass is 32.2. The number of hydrogen-bond donors (Lipinski definition) is 3. The third kappa shape index (κ3) is 9.70. The molecule has 0 spiro atoms. The molecule has 1 heterocycles. The van der Waals surface area contributed by atoms with Crippen LogP contribution in [0.15, 0.2) is 83.8 Å². The Morgan fingerprint density at radius 3 is 2.18 bits per heavy atom. The molecule has 45 heavy (non-hydrogen) atoms. The molecule has 3 amide bonds. The molecule has 1 atom stereocenters. The zero-order valence-electron chi connectivity index (χ0n) is 25.9. The topological polar surface area (TPSA) is 143 Å². The lowest BCUT2D eigenvalue weighted by Gasteiger charge is -2.35. The van der Waals surface area contributed by atoms with Gasteiger partial charge in [-0.2, -0.15) is 0 Å². The van der Waals surface area contributed by atoms with Gasteiger partial charge in [-0.05, 0) is 95.0 Å². The van der Waals surface area contributed by atoms with Crippen LogP contribution in [0.3, 0.4) is 0 Å². The number of nitrogens with one attached hydrogen (secondary N) is 3. The first-order chi connectivity index (χ1) is 21.3. The standard InChI is InChI=1S/C33H40N4O7S/c1-23(24-18-20-37(21-19-24)32(40)44-33(2,3)4)35-30(38)22-34-31(39)25-14-16-27(17-15-25)45(41,42)36-28-12-8-9-13-29(28)43-26-10-6-5-7-11-26/h5-17,23-24,36H,18-22H2,1-4H3,(H,34,39)(H,35,38). The summed E-state index contributed by atoms with van der Waals surface area (Å²) < 4.78 is 40.0. The van der Waals surface area contributed by atoms with Crippen molar-refractivity contribution in [1.29, 1.82) is 0 Å². The minimum atomic E-state index is -3.99. The summed E-state index contributed by atoms with van der Waals surface area (Å²) in [5, 5.41) is 5.50. The first-order valence-electron chi connectivity index (χ1n) is 14.8. The number of benzene rings is 3. The Labute approximate surface area is 264 Å². The summed E-state index contributed by atoms with van der Waals surface area (Å²) in [7, 11) is -3.99. The number of anilines is 1. The number of piperidine rings is 1. The van der Waals surface area contributed by atoms with Crippen LogP contribution in [0.1, 0.15) is 50.9 Å². The fraction of sp³-hybridized carbons (Fsp3) is 0.364. The number of carbonyl (C=O) groups is 3. The second-order valence-electron chi connectivity index (χ2n) is 11.9. The predicted octanol–water partition coefficient (Wildman–Crippen LogP) is 5.16. The highest BCUT2D eigenvalue weighted by Gasteiger charge is 2.29. The summed E-state index contributed by atoms with van der Waals surface area (Å²) >= 11 is 0. The Balaban J connectivity index is 1.25. The highest BCUT2D eigenvalue weighted by molar-refractivity contribution is 7.92. The maximum Gasteiger partial charge on any atom is 0.410 e. The Morgan fingerprint density at radius 2 is 1.53 bits per heavy atom. The van der Waals surface area contributed by atoms with E-state index in [-0.39, 0.29) is 46.7 Å². The predicted molar refractivity (Wildman–Crippen MR) is 171 cm³/mol. The Morgan fingerprint density at radius 1 is 0.911 bits per heavy atom. The van der Waals surface area contributed by atoms with Crippen molar-refractivity contribution in [3.8, 4) is 11.5 Å². The third-order valence-electron chi connectivity index (χ3n) is 7.23. The van der Waals surface area contributed by atoms with Crippen molar-refractivity contribution in [1.82, 2.24) is 15.5 Å². The van der Waals surface area contributed by atoms with Crippen molar-refractivity contribution in [3.05, 3.63) is 84.4 Å². The summed E-state index contributed by atoms with van der Waals surface area (Å²) in [6.07, 6.45) is 1.12. The molecule has 1 unspecified atom stereocenters. The molecule has 1 fully saturated rings. The van der Waals surface area contributed by atoms with Crippen molar-refractivity contribution in [2.75, 3.05) is 24.4 Å². The molecule has 240 valence electrons. The van der Waals surface area contributed by atoms with E-state index in [1.54, 1.807) is 41.3 Å². The lowest BCUT2D eigenvalue weighted by molar-refractivity contribution is -0.121. The molecular formula is C33H40N4O7S. The summed E-state index contributed by atoms with van der Waals surface area (Å²) in [5.41, 5.74) is -0.0867. The average Bonchev–Trinajstić information content (AvgIpc) is 3.00. The number of rotatable bonds is 10. The number of nitrogens with zero attached hydrogens (tertiary/aromatic N) is 1. The molecule has 1 aliphatic rings. The maximum absolute atomic E-state index is 13.1. The van der Waals surface area contributed by atoms with Crippen LogP contribution in [0.4, 0.5) is 10.5 Å². The van der Waals surface area contributed by atoms with Crippen LogP contribution in [0, 0.1) is 5.92 Å². The number of hydrogen-bond acceptors (Lipinski definition) is 7.